The summed E-state index contributed by atoms with van der Waals surface area (Å²) in [6.07, 6.45) is 2.12. The molecule has 4 aromatic carbocycles. The minimum absolute atomic E-state index is 0.0659. The van der Waals surface area contributed by atoms with E-state index >= 15 is 0 Å². The molecule has 2 aliphatic carbocycles. The van der Waals surface area contributed by atoms with Gasteiger partial charge in [-0.05, 0) is 43.0 Å². The summed E-state index contributed by atoms with van der Waals surface area (Å²) in [6.45, 7) is 1.96. The lowest BCUT2D eigenvalue weighted by Crippen LogP contribution is -2.61. The Hall–Kier alpha value is -4.63. The second-order valence-corrected chi connectivity index (χ2v) is 12.9. The number of fused-ring (bicyclic) bond motifs is 1. The average molecular weight is 605 g/mol. The van der Waals surface area contributed by atoms with E-state index in [0.717, 1.165) is 16.7 Å². The number of carbonyl (C=O) groups is 2. The van der Waals surface area contributed by atoms with E-state index in [9.17, 15) is 22.6 Å². The fourth-order valence-corrected chi connectivity index (χ4v) is 7.18. The van der Waals surface area contributed by atoms with Crippen molar-refractivity contribution in [2.75, 3.05) is 5.32 Å². The van der Waals surface area contributed by atoms with Gasteiger partial charge < -0.3 is 5.32 Å². The first-order chi connectivity index (χ1) is 21.2. The summed E-state index contributed by atoms with van der Waals surface area (Å²) < 4.78 is 38.3. The molecule has 0 spiro atoms. The van der Waals surface area contributed by atoms with E-state index in [1.165, 1.54) is 6.07 Å². The van der Waals surface area contributed by atoms with E-state index in [1.54, 1.807) is 24.3 Å². The van der Waals surface area contributed by atoms with Crippen molar-refractivity contribution in [1.82, 2.24) is 5.32 Å². The van der Waals surface area contributed by atoms with Crippen molar-refractivity contribution in [2.45, 2.75) is 37.1 Å². The van der Waals surface area contributed by atoms with E-state index in [-0.39, 0.29) is 28.7 Å². The van der Waals surface area contributed by atoms with Crippen molar-refractivity contribution in [3.8, 4) is 0 Å². The molecule has 1 unspecified atom stereocenters. The molecule has 6 rings (SSSR count). The molecule has 44 heavy (non-hydrogen) atoms. The van der Waals surface area contributed by atoms with Gasteiger partial charge >= 0.3 is 0 Å². The molecule has 0 heterocycles. The number of carbonyl (C=O) groups excluding carboxylic acids is 2. The maximum atomic E-state index is 14.3. The van der Waals surface area contributed by atoms with Crippen LogP contribution in [0.1, 0.15) is 43.8 Å². The van der Waals surface area contributed by atoms with Crippen molar-refractivity contribution in [1.29, 1.82) is 0 Å². The maximum absolute atomic E-state index is 14.3. The normalized spacial score (nSPS) is 18.1. The molecule has 4 aromatic rings. The van der Waals surface area contributed by atoms with Gasteiger partial charge in [0.15, 0.2) is 16.4 Å². The Morgan fingerprint density at radius 1 is 0.750 bits per heavy atom. The number of rotatable bonds is 9. The lowest BCUT2D eigenvalue weighted by Gasteiger charge is -2.41. The Bertz CT molecular complexity index is 1860. The summed E-state index contributed by atoms with van der Waals surface area (Å²) in [7, 11) is -5.01. The van der Waals surface area contributed by atoms with Crippen molar-refractivity contribution in [3.05, 3.63) is 160 Å². The number of ketones is 2. The number of hydrogen-bond acceptors (Lipinski definition) is 6. The highest BCUT2D eigenvalue weighted by Gasteiger charge is 2.55. The second-order valence-electron chi connectivity index (χ2n) is 11.3. The Labute approximate surface area is 257 Å². The molecule has 0 aromatic heterocycles. The Morgan fingerprint density at radius 3 is 1.82 bits per heavy atom. The number of nitrogens with one attached hydrogen (secondary N) is 2. The van der Waals surface area contributed by atoms with Crippen LogP contribution >= 0.6 is 0 Å². The fourth-order valence-electron chi connectivity index (χ4n) is 6.11. The van der Waals surface area contributed by atoms with Gasteiger partial charge in [-0.2, -0.15) is 8.42 Å². The number of anilines is 1. The maximum Gasteiger partial charge on any atom is 0.288 e. The lowest BCUT2D eigenvalue weighted by molar-refractivity contribution is 0.0962. The molecule has 0 radical (unpaired) electrons. The molecule has 0 fully saturated rings. The van der Waals surface area contributed by atoms with Crippen LogP contribution < -0.4 is 10.6 Å². The molecule has 0 bridgehead atoms. The monoisotopic (exact) mass is 604 g/mol. The van der Waals surface area contributed by atoms with E-state index in [4.69, 9.17) is 0 Å². The Balaban J connectivity index is 1.51. The number of hydrogen-bond donors (Lipinski definition) is 3. The third-order valence-electron chi connectivity index (χ3n) is 8.25. The van der Waals surface area contributed by atoms with Crippen molar-refractivity contribution < 1.29 is 22.6 Å². The molecule has 0 amide bonds. The highest BCUT2D eigenvalue weighted by molar-refractivity contribution is 7.87. The predicted molar refractivity (Wildman–Crippen MR) is 171 cm³/mol. The minimum atomic E-state index is -5.01. The van der Waals surface area contributed by atoms with Gasteiger partial charge in [0.05, 0.1) is 11.1 Å². The van der Waals surface area contributed by atoms with Crippen molar-refractivity contribution >= 4 is 27.4 Å². The molecule has 0 saturated carbocycles. The topological polar surface area (TPSA) is 113 Å². The molecule has 0 saturated heterocycles. The first-order valence-corrected chi connectivity index (χ1v) is 15.9. The number of aryl methyl sites for hydroxylation is 1. The second kappa shape index (κ2) is 11.8. The third kappa shape index (κ3) is 5.55. The van der Waals surface area contributed by atoms with Gasteiger partial charge in [-0.25, -0.2) is 0 Å². The molecular weight excluding hydrogens is 572 g/mol. The Kier molecular flexibility index (Phi) is 7.90. The van der Waals surface area contributed by atoms with Crippen molar-refractivity contribution in [2.24, 2.45) is 0 Å². The molecule has 3 N–H and O–H groups in total. The van der Waals surface area contributed by atoms with Gasteiger partial charge in [0, 0.05) is 35.0 Å². The quantitative estimate of drug-likeness (QED) is 0.198. The first kappa shape index (κ1) is 29.4. The molecule has 1 atom stereocenters. The largest absolute Gasteiger partial charge is 0.355 e. The summed E-state index contributed by atoms with van der Waals surface area (Å²) in [5, 5.41) is 6.48. The zero-order chi connectivity index (χ0) is 30.9. The van der Waals surface area contributed by atoms with E-state index in [1.807, 2.05) is 91.9 Å². The van der Waals surface area contributed by atoms with Gasteiger partial charge in [-0.15, -0.1) is 0 Å². The smallest absolute Gasteiger partial charge is 0.288 e. The number of Topliss-reactive ketones (excluding diaryl/α,β-unsaturated/α-hetero) is 2. The van der Waals surface area contributed by atoms with Gasteiger partial charge in [-0.1, -0.05) is 109 Å². The zero-order valence-electron chi connectivity index (χ0n) is 24.2. The van der Waals surface area contributed by atoms with Crippen LogP contribution in [0.5, 0.6) is 0 Å². The predicted octanol–water partition coefficient (Wildman–Crippen LogP) is 6.10. The lowest BCUT2D eigenvalue weighted by atomic mass is 9.75. The van der Waals surface area contributed by atoms with Crippen LogP contribution in [0.25, 0.3) is 0 Å². The van der Waals surface area contributed by atoms with Gasteiger partial charge in [0.2, 0.25) is 0 Å². The van der Waals surface area contributed by atoms with E-state index < -0.39 is 32.6 Å². The SMILES string of the molecule is Cc1ccc(NC2=CCC(NC(Cc3ccccc3)Cc3ccccc3)(S(=O)(=O)O)C3=C2C(=O)c2ccccc2C3=O)cc1. The highest BCUT2D eigenvalue weighted by Crippen LogP contribution is 2.44. The van der Waals surface area contributed by atoms with Gasteiger partial charge in [0.25, 0.3) is 10.1 Å². The van der Waals surface area contributed by atoms with Crippen LogP contribution in [-0.2, 0) is 23.0 Å². The summed E-state index contributed by atoms with van der Waals surface area (Å²) in [6, 6.07) is 32.6. The molecule has 7 nitrogen and oxygen atoms in total. The Morgan fingerprint density at radius 2 is 1.27 bits per heavy atom. The van der Waals surface area contributed by atoms with E-state index in [0.29, 0.717) is 24.2 Å². The molecular formula is C36H32N2O5S. The summed E-state index contributed by atoms with van der Waals surface area (Å²) in [5.74, 6) is -1.10. The average Bonchev–Trinajstić information content (AvgIpc) is 3.02. The number of allylic oxidation sites excluding steroid dienone is 1. The van der Waals surface area contributed by atoms with Gasteiger partial charge in [0.1, 0.15) is 0 Å². The fraction of sp³-hybridized carbons (Fsp3) is 0.167. The van der Waals surface area contributed by atoms with Crippen LogP contribution in [0.4, 0.5) is 5.69 Å². The van der Waals surface area contributed by atoms with Crippen LogP contribution in [0.2, 0.25) is 0 Å². The van der Waals surface area contributed by atoms with Gasteiger partial charge in [-0.3, -0.25) is 19.5 Å². The van der Waals surface area contributed by atoms with Crippen LogP contribution in [0.15, 0.2) is 132 Å². The minimum Gasteiger partial charge on any atom is -0.355 e. The molecule has 0 aliphatic heterocycles. The molecule has 2 aliphatic rings. The standard InChI is InChI=1S/C36H32N2O5S/c1-24-16-18-27(19-17-24)37-31-20-21-36(44(41,42)43,33-32(31)34(39)29-14-8-9-15-30(29)35(33)40)38-28(22-25-10-4-2-5-11-25)23-26-12-6-3-7-13-26/h2-20,28,37-38H,21-23H2,1H3,(H,41,42,43). The van der Waals surface area contributed by atoms with Crippen LogP contribution in [-0.4, -0.2) is 35.4 Å². The third-order valence-corrected chi connectivity index (χ3v) is 9.61. The summed E-state index contributed by atoms with van der Waals surface area (Å²) >= 11 is 0. The molecule has 8 heteroatoms. The summed E-state index contributed by atoms with van der Waals surface area (Å²) in [5.41, 5.74) is 3.88. The van der Waals surface area contributed by atoms with E-state index in [2.05, 4.69) is 10.6 Å². The van der Waals surface area contributed by atoms with Crippen LogP contribution in [0, 0.1) is 6.92 Å². The highest BCUT2D eigenvalue weighted by atomic mass is 32.2. The van der Waals surface area contributed by atoms with Crippen LogP contribution in [0.3, 0.4) is 0 Å². The molecule has 222 valence electrons. The number of benzene rings is 4. The summed E-state index contributed by atoms with van der Waals surface area (Å²) in [4.78, 5) is 26.2. The first-order valence-electron chi connectivity index (χ1n) is 14.5. The van der Waals surface area contributed by atoms with Crippen molar-refractivity contribution in [3.63, 3.8) is 0 Å². The zero-order valence-corrected chi connectivity index (χ0v) is 25.0.